The van der Waals surface area contributed by atoms with E-state index in [9.17, 15) is 19.5 Å². The number of aromatic hydroxyl groups is 1. The summed E-state index contributed by atoms with van der Waals surface area (Å²) < 4.78 is 0. The summed E-state index contributed by atoms with van der Waals surface area (Å²) in [6, 6.07) is 15.2. The Morgan fingerprint density at radius 1 is 1.05 bits per heavy atom. The fourth-order valence-corrected chi connectivity index (χ4v) is 7.39. The topological polar surface area (TPSA) is 96.4 Å². The van der Waals surface area contributed by atoms with Crippen LogP contribution in [0.2, 0.25) is 0 Å². The number of carbonyl (C=O) groups excluding carboxylic acids is 3. The molecule has 2 saturated heterocycles. The van der Waals surface area contributed by atoms with Crippen LogP contribution in [-0.2, 0) is 22.6 Å². The van der Waals surface area contributed by atoms with Gasteiger partial charge in [0.25, 0.3) is 0 Å². The van der Waals surface area contributed by atoms with Crippen LogP contribution in [0.25, 0.3) is 0 Å². The molecule has 0 saturated carbocycles. The van der Waals surface area contributed by atoms with Crippen molar-refractivity contribution in [1.29, 1.82) is 0 Å². The molecule has 3 heterocycles. The van der Waals surface area contributed by atoms with E-state index < -0.39 is 12.2 Å². The van der Waals surface area contributed by atoms with E-state index in [0.717, 1.165) is 16.7 Å². The molecular weight excluding hydrogens is 562 g/mol. The van der Waals surface area contributed by atoms with E-state index in [1.54, 1.807) is 61.9 Å². The van der Waals surface area contributed by atoms with Gasteiger partial charge < -0.3 is 20.2 Å². The Bertz CT molecular complexity index is 1470. The predicted molar refractivity (Wildman–Crippen MR) is 166 cm³/mol. The Balaban J connectivity index is 1.32. The SMILES string of the molecule is C=CCN1CC(=O)N2[C@@H](Cc3ccc(O)cc3)C(=O)N(CC3=CSC4C=CC=CC34)C[C@@H]2N1C(=O)NCc1ccccc1. The lowest BCUT2D eigenvalue weighted by molar-refractivity contribution is -0.188. The maximum atomic E-state index is 14.2. The summed E-state index contributed by atoms with van der Waals surface area (Å²) >= 11 is 1.75. The van der Waals surface area contributed by atoms with E-state index in [-0.39, 0.29) is 49.0 Å². The summed E-state index contributed by atoms with van der Waals surface area (Å²) in [7, 11) is 0. The van der Waals surface area contributed by atoms with Gasteiger partial charge in [-0.15, -0.1) is 18.3 Å². The minimum atomic E-state index is -0.807. The highest BCUT2D eigenvalue weighted by Crippen LogP contribution is 2.40. The quantitative estimate of drug-likeness (QED) is 0.451. The molecule has 2 unspecified atom stereocenters. The number of thioether (sulfide) groups is 1. The van der Waals surface area contributed by atoms with Crippen molar-refractivity contribution in [3.05, 3.63) is 114 Å². The van der Waals surface area contributed by atoms with Crippen LogP contribution in [0, 0.1) is 5.92 Å². The van der Waals surface area contributed by atoms with Gasteiger partial charge in [0.05, 0.1) is 13.1 Å². The number of hydrogen-bond donors (Lipinski definition) is 2. The van der Waals surface area contributed by atoms with Gasteiger partial charge in [-0.1, -0.05) is 72.8 Å². The number of nitrogens with zero attached hydrogens (tertiary/aromatic N) is 4. The van der Waals surface area contributed by atoms with Gasteiger partial charge in [-0.3, -0.25) is 9.59 Å². The van der Waals surface area contributed by atoms with Gasteiger partial charge in [-0.25, -0.2) is 14.8 Å². The third-order valence-electron chi connectivity index (χ3n) is 8.29. The molecule has 43 heavy (non-hydrogen) atoms. The molecule has 4 aliphatic rings. The number of amides is 4. The van der Waals surface area contributed by atoms with Crippen molar-refractivity contribution >= 4 is 29.6 Å². The highest BCUT2D eigenvalue weighted by molar-refractivity contribution is 8.03. The molecular formula is C33H35N5O4S. The molecule has 0 radical (unpaired) electrons. The number of phenolic OH excluding ortho intramolecular Hbond substituents is 1. The van der Waals surface area contributed by atoms with E-state index >= 15 is 0 Å². The second kappa shape index (κ2) is 12.5. The largest absolute Gasteiger partial charge is 0.508 e. The Morgan fingerprint density at radius 3 is 2.58 bits per heavy atom. The van der Waals surface area contributed by atoms with Gasteiger partial charge in [0.1, 0.15) is 18.0 Å². The summed E-state index contributed by atoms with van der Waals surface area (Å²) in [6.07, 6.45) is 9.67. The lowest BCUT2D eigenvalue weighted by Gasteiger charge is -2.55. The molecule has 0 bridgehead atoms. The van der Waals surface area contributed by atoms with Crippen molar-refractivity contribution < 1.29 is 19.5 Å². The molecule has 4 amide bonds. The Kier molecular flexibility index (Phi) is 8.40. The van der Waals surface area contributed by atoms with Crippen molar-refractivity contribution in [1.82, 2.24) is 25.1 Å². The monoisotopic (exact) mass is 597 g/mol. The van der Waals surface area contributed by atoms with Gasteiger partial charge in [-0.2, -0.15) is 0 Å². The van der Waals surface area contributed by atoms with Crippen LogP contribution in [0.15, 0.2) is 103 Å². The normalized spacial score (nSPS) is 24.9. The van der Waals surface area contributed by atoms with Gasteiger partial charge in [0.2, 0.25) is 11.8 Å². The van der Waals surface area contributed by atoms with Crippen LogP contribution >= 0.6 is 11.8 Å². The number of fused-ring (bicyclic) bond motifs is 2. The molecule has 2 aromatic carbocycles. The Hall–Kier alpha value is -4.28. The van der Waals surface area contributed by atoms with Gasteiger partial charge >= 0.3 is 6.03 Å². The summed E-state index contributed by atoms with van der Waals surface area (Å²) in [5.74, 6) is -0.0359. The molecule has 0 spiro atoms. The first-order valence-electron chi connectivity index (χ1n) is 14.5. The number of hydrogen-bond acceptors (Lipinski definition) is 6. The van der Waals surface area contributed by atoms with E-state index in [1.807, 2.05) is 36.4 Å². The lowest BCUT2D eigenvalue weighted by Crippen LogP contribution is -2.76. The summed E-state index contributed by atoms with van der Waals surface area (Å²) in [6.45, 7) is 5.02. The molecule has 1 aliphatic carbocycles. The molecule has 222 valence electrons. The molecule has 10 heteroatoms. The summed E-state index contributed by atoms with van der Waals surface area (Å²) in [5.41, 5.74) is 2.91. The van der Waals surface area contributed by atoms with Gasteiger partial charge in [0, 0.05) is 37.2 Å². The minimum Gasteiger partial charge on any atom is -0.508 e. The number of phenols is 1. The number of piperazine rings is 1. The van der Waals surface area contributed by atoms with E-state index in [4.69, 9.17) is 0 Å². The average molecular weight is 598 g/mol. The highest BCUT2D eigenvalue weighted by Gasteiger charge is 2.51. The van der Waals surface area contributed by atoms with Gasteiger partial charge in [-0.05, 0) is 34.2 Å². The number of rotatable bonds is 8. The highest BCUT2D eigenvalue weighted by atomic mass is 32.2. The van der Waals surface area contributed by atoms with Crippen molar-refractivity contribution in [3.63, 3.8) is 0 Å². The molecule has 4 atom stereocenters. The van der Waals surface area contributed by atoms with Crippen molar-refractivity contribution in [2.75, 3.05) is 26.2 Å². The van der Waals surface area contributed by atoms with E-state index in [0.29, 0.717) is 24.9 Å². The molecule has 3 aliphatic heterocycles. The summed E-state index contributed by atoms with van der Waals surface area (Å²) in [5, 5.41) is 18.6. The molecule has 2 N–H and O–H groups in total. The average Bonchev–Trinajstić information content (AvgIpc) is 3.42. The van der Waals surface area contributed by atoms with Crippen LogP contribution in [0.3, 0.4) is 0 Å². The van der Waals surface area contributed by atoms with Gasteiger partial charge in [0.15, 0.2) is 0 Å². The standard InChI is InChI=1S/C33H35N5O4S/c1-2-16-36-21-31(40)37-28(17-23-12-14-26(39)15-13-23)32(41)35(19-25-22-43-29-11-7-6-10-27(25)29)20-30(37)38(36)33(42)34-18-24-8-4-3-5-9-24/h2-15,22,27-30,39H,1,16-21H2,(H,34,42)/t27?,28-,29?,30-/m0/s1. The third-order valence-corrected chi connectivity index (χ3v) is 9.50. The van der Waals surface area contributed by atoms with Crippen molar-refractivity contribution in [2.24, 2.45) is 5.92 Å². The zero-order valence-electron chi connectivity index (χ0n) is 23.8. The van der Waals surface area contributed by atoms with Crippen LogP contribution in [-0.4, -0.2) is 86.4 Å². The maximum Gasteiger partial charge on any atom is 0.334 e. The molecule has 6 rings (SSSR count). The first kappa shape index (κ1) is 28.8. The van der Waals surface area contributed by atoms with Crippen molar-refractivity contribution in [2.45, 2.75) is 30.4 Å². The second-order valence-electron chi connectivity index (χ2n) is 11.1. The van der Waals surface area contributed by atoms with Crippen LogP contribution < -0.4 is 5.32 Å². The second-order valence-corrected chi connectivity index (χ2v) is 12.2. The van der Waals surface area contributed by atoms with E-state index in [2.05, 4.69) is 35.5 Å². The number of nitrogens with one attached hydrogen (secondary N) is 1. The molecule has 0 aromatic heterocycles. The van der Waals surface area contributed by atoms with E-state index in [1.165, 1.54) is 0 Å². The minimum absolute atomic E-state index is 0.0523. The van der Waals surface area contributed by atoms with Crippen LogP contribution in [0.1, 0.15) is 11.1 Å². The first-order valence-corrected chi connectivity index (χ1v) is 15.4. The third kappa shape index (κ3) is 5.98. The lowest BCUT2D eigenvalue weighted by atomic mass is 9.92. The van der Waals surface area contributed by atoms with Crippen molar-refractivity contribution in [3.8, 4) is 5.75 Å². The fourth-order valence-electron chi connectivity index (χ4n) is 6.21. The first-order chi connectivity index (χ1) is 20.9. The number of urea groups is 1. The smallest absolute Gasteiger partial charge is 0.334 e. The van der Waals surface area contributed by atoms with Crippen LogP contribution in [0.5, 0.6) is 5.75 Å². The predicted octanol–water partition coefficient (Wildman–Crippen LogP) is 3.67. The number of benzene rings is 2. The molecule has 9 nitrogen and oxygen atoms in total. The number of allylic oxidation sites excluding steroid dienone is 3. The number of hydrazine groups is 1. The number of carbonyl (C=O) groups is 3. The molecule has 2 aromatic rings. The fraction of sp³-hybridized carbons (Fsp3) is 0.303. The zero-order valence-corrected chi connectivity index (χ0v) is 24.6. The molecule has 2 fully saturated rings. The maximum absolute atomic E-state index is 14.2. The Morgan fingerprint density at radius 2 is 1.81 bits per heavy atom. The summed E-state index contributed by atoms with van der Waals surface area (Å²) in [4.78, 5) is 45.2. The Labute approximate surface area is 255 Å². The zero-order chi connectivity index (χ0) is 29.9. The van der Waals surface area contributed by atoms with Crippen LogP contribution in [0.4, 0.5) is 4.79 Å².